The standard InChI is InChI=1S/C21H34N2O3S2/c1-3-5-6-7-8-9-10-11-12-13-16-28(25,26)22-18-14-15-20-19(17-18)21(24)23(4-2)27-20/h14-15,17,22H,3-13,16H2,1-2H3. The molecule has 0 aliphatic rings. The molecule has 1 aromatic carbocycles. The van der Waals surface area contributed by atoms with Crippen LogP contribution in [-0.2, 0) is 16.6 Å². The Morgan fingerprint density at radius 1 is 0.929 bits per heavy atom. The molecule has 0 atom stereocenters. The number of fused-ring (bicyclic) bond motifs is 1. The van der Waals surface area contributed by atoms with Gasteiger partial charge in [-0.05, 0) is 31.5 Å². The van der Waals surface area contributed by atoms with Gasteiger partial charge < -0.3 is 0 Å². The van der Waals surface area contributed by atoms with Crippen molar-refractivity contribution in [3.05, 3.63) is 28.6 Å². The first-order valence-electron chi connectivity index (χ1n) is 10.6. The third-order valence-electron chi connectivity index (χ3n) is 4.97. The Kier molecular flexibility index (Phi) is 9.51. The second-order valence-electron chi connectivity index (χ2n) is 7.41. The van der Waals surface area contributed by atoms with Crippen molar-refractivity contribution in [2.45, 2.75) is 84.6 Å². The van der Waals surface area contributed by atoms with Crippen molar-refractivity contribution in [2.75, 3.05) is 10.5 Å². The topological polar surface area (TPSA) is 68.2 Å². The Bertz CT molecular complexity index is 885. The van der Waals surface area contributed by atoms with E-state index in [1.807, 2.05) is 13.0 Å². The highest BCUT2D eigenvalue weighted by atomic mass is 32.2. The molecular formula is C21H34N2O3S2. The maximum Gasteiger partial charge on any atom is 0.268 e. The Balaban J connectivity index is 1.73. The number of hydrogen-bond donors (Lipinski definition) is 1. The van der Waals surface area contributed by atoms with Gasteiger partial charge in [0.2, 0.25) is 10.0 Å². The van der Waals surface area contributed by atoms with Crippen molar-refractivity contribution in [3.63, 3.8) is 0 Å². The predicted octanol–water partition coefficient (Wildman–Crippen LogP) is 5.75. The highest BCUT2D eigenvalue weighted by molar-refractivity contribution is 7.92. The largest absolute Gasteiger partial charge is 0.284 e. The fraction of sp³-hybridized carbons (Fsp3) is 0.667. The third-order valence-corrected chi connectivity index (χ3v) is 7.54. The number of aromatic nitrogens is 1. The molecule has 0 saturated carbocycles. The molecule has 0 bridgehead atoms. The van der Waals surface area contributed by atoms with Crippen LogP contribution < -0.4 is 10.3 Å². The second-order valence-corrected chi connectivity index (χ2v) is 10.3. The summed E-state index contributed by atoms with van der Waals surface area (Å²) in [5, 5.41) is 0.575. The van der Waals surface area contributed by atoms with Gasteiger partial charge in [-0.3, -0.25) is 13.5 Å². The van der Waals surface area contributed by atoms with Crippen molar-refractivity contribution < 1.29 is 8.42 Å². The maximum absolute atomic E-state index is 12.3. The average molecular weight is 427 g/mol. The summed E-state index contributed by atoms with van der Waals surface area (Å²) in [5.41, 5.74) is 0.413. The predicted molar refractivity (Wildman–Crippen MR) is 121 cm³/mol. The molecule has 2 rings (SSSR count). The van der Waals surface area contributed by atoms with Crippen LogP contribution in [0.25, 0.3) is 10.1 Å². The number of benzene rings is 1. The summed E-state index contributed by atoms with van der Waals surface area (Å²) in [6.45, 7) is 4.77. The van der Waals surface area contributed by atoms with Crippen LogP contribution in [0.15, 0.2) is 23.0 Å². The first kappa shape index (κ1) is 22.9. The molecule has 0 spiro atoms. The average Bonchev–Trinajstić information content (AvgIpc) is 2.98. The second kappa shape index (κ2) is 11.6. The fourth-order valence-corrected chi connectivity index (χ4v) is 5.45. The summed E-state index contributed by atoms with van der Waals surface area (Å²) in [7, 11) is -3.38. The summed E-state index contributed by atoms with van der Waals surface area (Å²) in [6.07, 6.45) is 11.7. The van der Waals surface area contributed by atoms with Crippen LogP contribution in [0.2, 0.25) is 0 Å². The lowest BCUT2D eigenvalue weighted by Crippen LogP contribution is -2.17. The minimum atomic E-state index is -3.38. The molecule has 0 amide bonds. The molecule has 7 heteroatoms. The number of hydrogen-bond acceptors (Lipinski definition) is 4. The SMILES string of the molecule is CCCCCCCCCCCCS(=O)(=O)Nc1ccc2sn(CC)c(=O)c2c1. The van der Waals surface area contributed by atoms with Gasteiger partial charge in [0.15, 0.2) is 0 Å². The molecule has 0 radical (unpaired) electrons. The van der Waals surface area contributed by atoms with Gasteiger partial charge in [-0.15, -0.1) is 0 Å². The molecule has 0 unspecified atom stereocenters. The van der Waals surface area contributed by atoms with E-state index in [4.69, 9.17) is 0 Å². The lowest BCUT2D eigenvalue weighted by molar-refractivity contribution is 0.558. The molecule has 0 aliphatic heterocycles. The van der Waals surface area contributed by atoms with E-state index in [1.165, 1.54) is 56.5 Å². The minimum Gasteiger partial charge on any atom is -0.284 e. The monoisotopic (exact) mass is 426 g/mol. The number of anilines is 1. The van der Waals surface area contributed by atoms with Gasteiger partial charge in [-0.1, -0.05) is 76.2 Å². The van der Waals surface area contributed by atoms with Gasteiger partial charge in [0.25, 0.3) is 5.56 Å². The van der Waals surface area contributed by atoms with Crippen molar-refractivity contribution in [1.29, 1.82) is 0 Å². The number of nitrogens with one attached hydrogen (secondary N) is 1. The van der Waals surface area contributed by atoms with Crippen LogP contribution >= 0.6 is 11.5 Å². The molecule has 1 heterocycles. The third kappa shape index (κ3) is 7.24. The Morgan fingerprint density at radius 3 is 2.14 bits per heavy atom. The van der Waals surface area contributed by atoms with Gasteiger partial charge in [-0.25, -0.2) is 8.42 Å². The van der Waals surface area contributed by atoms with Crippen LogP contribution in [0.3, 0.4) is 0 Å². The van der Waals surface area contributed by atoms with E-state index >= 15 is 0 Å². The number of aryl methyl sites for hydroxylation is 1. The molecule has 2 aromatic rings. The highest BCUT2D eigenvalue weighted by Gasteiger charge is 2.12. The molecule has 1 aromatic heterocycles. The van der Waals surface area contributed by atoms with Gasteiger partial charge in [-0.2, -0.15) is 0 Å². The molecule has 5 nitrogen and oxygen atoms in total. The number of nitrogens with zero attached hydrogens (tertiary/aromatic N) is 1. The fourth-order valence-electron chi connectivity index (χ4n) is 3.35. The lowest BCUT2D eigenvalue weighted by atomic mass is 10.1. The zero-order chi connectivity index (χ0) is 20.4. The summed E-state index contributed by atoms with van der Waals surface area (Å²) < 4.78 is 29.8. The molecule has 0 saturated heterocycles. The molecular weight excluding hydrogens is 392 g/mol. The van der Waals surface area contributed by atoms with Crippen molar-refractivity contribution in [1.82, 2.24) is 3.96 Å². The van der Waals surface area contributed by atoms with Crippen molar-refractivity contribution >= 4 is 37.3 Å². The lowest BCUT2D eigenvalue weighted by Gasteiger charge is -2.08. The van der Waals surface area contributed by atoms with E-state index in [2.05, 4.69) is 11.6 Å². The summed E-state index contributed by atoms with van der Waals surface area (Å²) in [4.78, 5) is 12.2. The van der Waals surface area contributed by atoms with E-state index in [-0.39, 0.29) is 11.3 Å². The van der Waals surface area contributed by atoms with Crippen LogP contribution in [0.5, 0.6) is 0 Å². The zero-order valence-corrected chi connectivity index (χ0v) is 18.8. The molecule has 1 N–H and O–H groups in total. The Hall–Kier alpha value is -1.34. The maximum atomic E-state index is 12.3. The number of sulfonamides is 1. The quantitative estimate of drug-likeness (QED) is 0.391. The van der Waals surface area contributed by atoms with Crippen molar-refractivity contribution in [3.8, 4) is 0 Å². The minimum absolute atomic E-state index is 0.0572. The number of rotatable bonds is 14. The number of unbranched alkanes of at least 4 members (excludes halogenated alkanes) is 9. The van der Waals surface area contributed by atoms with Crippen LogP contribution in [0.1, 0.15) is 78.1 Å². The normalized spacial score (nSPS) is 11.9. The van der Waals surface area contributed by atoms with Crippen LogP contribution in [-0.4, -0.2) is 18.1 Å². The molecule has 28 heavy (non-hydrogen) atoms. The van der Waals surface area contributed by atoms with E-state index in [0.29, 0.717) is 24.0 Å². The van der Waals surface area contributed by atoms with Gasteiger partial charge in [0, 0.05) is 12.2 Å². The Morgan fingerprint density at radius 2 is 1.54 bits per heavy atom. The van der Waals surface area contributed by atoms with Crippen LogP contribution in [0, 0.1) is 0 Å². The van der Waals surface area contributed by atoms with Crippen molar-refractivity contribution in [2.24, 2.45) is 0 Å². The Labute approximate surface area is 173 Å². The van der Waals surface area contributed by atoms with E-state index < -0.39 is 10.0 Å². The van der Waals surface area contributed by atoms with E-state index in [1.54, 1.807) is 16.1 Å². The zero-order valence-electron chi connectivity index (χ0n) is 17.2. The van der Waals surface area contributed by atoms with Gasteiger partial charge >= 0.3 is 0 Å². The molecule has 0 aliphatic carbocycles. The first-order valence-corrected chi connectivity index (χ1v) is 13.0. The highest BCUT2D eigenvalue weighted by Crippen LogP contribution is 2.22. The summed E-state index contributed by atoms with van der Waals surface area (Å²) >= 11 is 1.41. The molecule has 158 valence electrons. The van der Waals surface area contributed by atoms with E-state index in [9.17, 15) is 13.2 Å². The first-order chi connectivity index (χ1) is 13.5. The van der Waals surface area contributed by atoms with Gasteiger partial charge in [0.1, 0.15) is 0 Å². The summed E-state index contributed by atoms with van der Waals surface area (Å²) in [6, 6.07) is 5.19. The summed E-state index contributed by atoms with van der Waals surface area (Å²) in [5.74, 6) is 0.129. The van der Waals surface area contributed by atoms with Crippen LogP contribution in [0.4, 0.5) is 5.69 Å². The molecule has 0 fully saturated rings. The smallest absolute Gasteiger partial charge is 0.268 e. The van der Waals surface area contributed by atoms with Gasteiger partial charge in [0.05, 0.1) is 15.8 Å². The van der Waals surface area contributed by atoms with E-state index in [0.717, 1.165) is 17.5 Å².